The summed E-state index contributed by atoms with van der Waals surface area (Å²) in [7, 11) is 0. The van der Waals surface area contributed by atoms with E-state index in [0.717, 1.165) is 16.7 Å². The lowest BCUT2D eigenvalue weighted by Crippen LogP contribution is -2.48. The third kappa shape index (κ3) is 2.68. The summed E-state index contributed by atoms with van der Waals surface area (Å²) < 4.78 is 0.950. The summed E-state index contributed by atoms with van der Waals surface area (Å²) in [6, 6.07) is 8.44. The molecule has 0 spiro atoms. The van der Waals surface area contributed by atoms with Crippen LogP contribution in [0.1, 0.15) is 25.3 Å². The van der Waals surface area contributed by atoms with E-state index in [4.69, 9.17) is 11.0 Å². The number of benzene rings is 1. The van der Waals surface area contributed by atoms with E-state index in [-0.39, 0.29) is 0 Å². The van der Waals surface area contributed by atoms with E-state index >= 15 is 0 Å². The first-order valence-electron chi connectivity index (χ1n) is 6.33. The molecular weight excluding hydrogens is 290 g/mol. The van der Waals surface area contributed by atoms with Crippen molar-refractivity contribution in [2.24, 2.45) is 11.7 Å². The summed E-state index contributed by atoms with van der Waals surface area (Å²) >= 11 is 3.47. The van der Waals surface area contributed by atoms with E-state index in [0.29, 0.717) is 24.1 Å². The van der Waals surface area contributed by atoms with Gasteiger partial charge in [-0.3, -0.25) is 0 Å². The van der Waals surface area contributed by atoms with Gasteiger partial charge in [-0.2, -0.15) is 5.26 Å². The maximum absolute atomic E-state index is 9.05. The van der Waals surface area contributed by atoms with Gasteiger partial charge < -0.3 is 10.6 Å². The highest BCUT2D eigenvalue weighted by Gasteiger charge is 2.27. The van der Waals surface area contributed by atoms with Gasteiger partial charge in [0, 0.05) is 29.3 Å². The van der Waals surface area contributed by atoms with Crippen molar-refractivity contribution in [2.75, 3.05) is 18.0 Å². The van der Waals surface area contributed by atoms with Crippen LogP contribution < -0.4 is 10.6 Å². The van der Waals surface area contributed by atoms with Gasteiger partial charge in [0.05, 0.1) is 11.6 Å². The molecule has 1 heterocycles. The average Bonchev–Trinajstić information content (AvgIpc) is 2.37. The van der Waals surface area contributed by atoms with E-state index in [1.807, 2.05) is 12.1 Å². The molecule has 0 aromatic heterocycles. The number of piperidine rings is 1. The lowest BCUT2D eigenvalue weighted by atomic mass is 9.90. The van der Waals surface area contributed by atoms with Crippen molar-refractivity contribution in [3.8, 4) is 6.07 Å². The van der Waals surface area contributed by atoms with Crippen LogP contribution in [0.3, 0.4) is 0 Å². The molecule has 1 fully saturated rings. The first-order valence-corrected chi connectivity index (χ1v) is 7.12. The second kappa shape index (κ2) is 5.73. The molecule has 0 saturated carbocycles. The standard InChI is InChI=1S/C14H18BrN3/c1-10-3-2-4-18(14(10)9-17)13-6-11(8-16)5-12(15)7-13/h5-7,10,14H,2-4,9,17H2,1H3. The van der Waals surface area contributed by atoms with E-state index in [2.05, 4.69) is 39.9 Å². The fraction of sp³-hybridized carbons (Fsp3) is 0.500. The normalized spacial score (nSPS) is 23.8. The first-order chi connectivity index (χ1) is 8.65. The number of hydrogen-bond acceptors (Lipinski definition) is 3. The Kier molecular flexibility index (Phi) is 4.26. The Morgan fingerprint density at radius 3 is 2.94 bits per heavy atom. The molecule has 0 aliphatic carbocycles. The number of nitriles is 1. The maximum Gasteiger partial charge on any atom is 0.0992 e. The highest BCUT2D eigenvalue weighted by atomic mass is 79.9. The largest absolute Gasteiger partial charge is 0.367 e. The maximum atomic E-state index is 9.05. The number of rotatable bonds is 2. The minimum Gasteiger partial charge on any atom is -0.367 e. The van der Waals surface area contributed by atoms with Gasteiger partial charge in [0.1, 0.15) is 0 Å². The second-order valence-electron chi connectivity index (χ2n) is 4.93. The number of nitrogens with two attached hydrogens (primary N) is 1. The summed E-state index contributed by atoms with van der Waals surface area (Å²) in [4.78, 5) is 2.35. The molecule has 2 N–H and O–H groups in total. The molecule has 0 bridgehead atoms. The summed E-state index contributed by atoms with van der Waals surface area (Å²) in [5, 5.41) is 9.05. The molecule has 2 unspecified atom stereocenters. The Bertz CT molecular complexity index is 467. The topological polar surface area (TPSA) is 53.0 Å². The van der Waals surface area contributed by atoms with Crippen LogP contribution in [-0.4, -0.2) is 19.1 Å². The predicted molar refractivity (Wildman–Crippen MR) is 77.4 cm³/mol. The van der Waals surface area contributed by atoms with Crippen molar-refractivity contribution >= 4 is 21.6 Å². The monoisotopic (exact) mass is 307 g/mol. The smallest absolute Gasteiger partial charge is 0.0992 e. The van der Waals surface area contributed by atoms with Gasteiger partial charge >= 0.3 is 0 Å². The van der Waals surface area contributed by atoms with Crippen LogP contribution in [0.15, 0.2) is 22.7 Å². The van der Waals surface area contributed by atoms with E-state index in [1.54, 1.807) is 0 Å². The molecule has 1 aliphatic heterocycles. The fourth-order valence-electron chi connectivity index (χ4n) is 2.73. The van der Waals surface area contributed by atoms with Gasteiger partial charge in [-0.05, 0) is 37.0 Å². The minimum absolute atomic E-state index is 0.375. The Morgan fingerprint density at radius 1 is 1.50 bits per heavy atom. The third-order valence-electron chi connectivity index (χ3n) is 3.70. The van der Waals surface area contributed by atoms with Gasteiger partial charge in [0.2, 0.25) is 0 Å². The highest BCUT2D eigenvalue weighted by Crippen LogP contribution is 2.30. The van der Waals surface area contributed by atoms with Crippen molar-refractivity contribution < 1.29 is 0 Å². The summed E-state index contributed by atoms with van der Waals surface area (Å²) in [6.45, 7) is 3.94. The Balaban J connectivity index is 2.34. The molecule has 18 heavy (non-hydrogen) atoms. The molecule has 3 nitrogen and oxygen atoms in total. The molecule has 0 amide bonds. The van der Waals surface area contributed by atoms with Gasteiger partial charge in [0.25, 0.3) is 0 Å². The highest BCUT2D eigenvalue weighted by molar-refractivity contribution is 9.10. The Morgan fingerprint density at radius 2 is 2.28 bits per heavy atom. The molecule has 1 aromatic carbocycles. The Labute approximate surface area is 117 Å². The number of nitrogens with zero attached hydrogens (tertiary/aromatic N) is 2. The minimum atomic E-state index is 0.375. The molecule has 4 heteroatoms. The zero-order valence-electron chi connectivity index (χ0n) is 10.6. The average molecular weight is 308 g/mol. The molecule has 1 saturated heterocycles. The summed E-state index contributed by atoms with van der Waals surface area (Å²) in [5.41, 5.74) is 7.70. The lowest BCUT2D eigenvalue weighted by Gasteiger charge is -2.41. The van der Waals surface area contributed by atoms with Crippen molar-refractivity contribution in [1.82, 2.24) is 0 Å². The Hall–Kier alpha value is -1.05. The van der Waals surface area contributed by atoms with Gasteiger partial charge in [0.15, 0.2) is 0 Å². The van der Waals surface area contributed by atoms with Crippen molar-refractivity contribution in [3.05, 3.63) is 28.2 Å². The van der Waals surface area contributed by atoms with Crippen LogP contribution in [0.5, 0.6) is 0 Å². The molecule has 1 aliphatic rings. The SMILES string of the molecule is CC1CCCN(c2cc(Br)cc(C#N)c2)C1CN. The number of anilines is 1. The molecular formula is C14H18BrN3. The molecule has 0 radical (unpaired) electrons. The second-order valence-corrected chi connectivity index (χ2v) is 5.84. The van der Waals surface area contributed by atoms with E-state index < -0.39 is 0 Å². The number of hydrogen-bond donors (Lipinski definition) is 1. The summed E-state index contributed by atoms with van der Waals surface area (Å²) in [5.74, 6) is 0.605. The zero-order chi connectivity index (χ0) is 13.1. The van der Waals surface area contributed by atoms with Crippen LogP contribution in [0.2, 0.25) is 0 Å². The van der Waals surface area contributed by atoms with Crippen molar-refractivity contribution in [3.63, 3.8) is 0 Å². The van der Waals surface area contributed by atoms with E-state index in [1.165, 1.54) is 12.8 Å². The van der Waals surface area contributed by atoms with Crippen LogP contribution in [0, 0.1) is 17.2 Å². The molecule has 2 atom stereocenters. The molecule has 2 rings (SSSR count). The fourth-order valence-corrected chi connectivity index (χ4v) is 3.21. The lowest BCUT2D eigenvalue weighted by molar-refractivity contribution is 0.350. The molecule has 1 aromatic rings. The van der Waals surface area contributed by atoms with Crippen LogP contribution >= 0.6 is 15.9 Å². The van der Waals surface area contributed by atoms with Crippen LogP contribution in [0.25, 0.3) is 0 Å². The van der Waals surface area contributed by atoms with Crippen LogP contribution in [0.4, 0.5) is 5.69 Å². The van der Waals surface area contributed by atoms with Crippen molar-refractivity contribution in [1.29, 1.82) is 5.26 Å². The quantitative estimate of drug-likeness (QED) is 0.914. The third-order valence-corrected chi connectivity index (χ3v) is 4.16. The number of halogens is 1. The molecule has 96 valence electrons. The van der Waals surface area contributed by atoms with Gasteiger partial charge in [-0.1, -0.05) is 22.9 Å². The zero-order valence-corrected chi connectivity index (χ0v) is 12.2. The summed E-state index contributed by atoms with van der Waals surface area (Å²) in [6.07, 6.45) is 2.42. The predicted octanol–water partition coefficient (Wildman–Crippen LogP) is 2.88. The van der Waals surface area contributed by atoms with Crippen molar-refractivity contribution in [2.45, 2.75) is 25.8 Å². The van der Waals surface area contributed by atoms with Crippen LogP contribution in [-0.2, 0) is 0 Å². The van der Waals surface area contributed by atoms with E-state index in [9.17, 15) is 0 Å². The first kappa shape index (κ1) is 13.4. The van der Waals surface area contributed by atoms with Gasteiger partial charge in [-0.25, -0.2) is 0 Å². The van der Waals surface area contributed by atoms with Gasteiger partial charge in [-0.15, -0.1) is 0 Å².